The minimum Gasteiger partial charge on any atom is -0.465 e. The molecule has 4 rings (SSSR count). The van der Waals surface area contributed by atoms with Gasteiger partial charge in [0.05, 0.1) is 12.1 Å². The second kappa shape index (κ2) is 11.2. The smallest absolute Gasteiger partial charge is 0.434 e. The molecule has 0 saturated carbocycles. The van der Waals surface area contributed by atoms with Crippen molar-refractivity contribution in [1.29, 1.82) is 0 Å². The minimum absolute atomic E-state index is 0.114. The van der Waals surface area contributed by atoms with Crippen molar-refractivity contribution in [2.24, 2.45) is 4.99 Å². The second-order valence-corrected chi connectivity index (χ2v) is 8.69. The highest BCUT2D eigenvalue weighted by Crippen LogP contribution is 2.30. The van der Waals surface area contributed by atoms with E-state index in [-0.39, 0.29) is 43.8 Å². The van der Waals surface area contributed by atoms with Crippen LogP contribution in [-0.4, -0.2) is 93.0 Å². The fourth-order valence-corrected chi connectivity index (χ4v) is 4.55. The van der Waals surface area contributed by atoms with Crippen LogP contribution in [0, 0.1) is 0 Å². The first kappa shape index (κ1) is 25.2. The third kappa shape index (κ3) is 6.01. The van der Waals surface area contributed by atoms with Gasteiger partial charge in [-0.25, -0.2) is 19.9 Å². The van der Waals surface area contributed by atoms with E-state index >= 15 is 0 Å². The highest BCUT2D eigenvalue weighted by Gasteiger charge is 2.48. The molecule has 194 valence electrons. The number of fused-ring (bicyclic) bond motifs is 2. The number of aliphatic imine (C=N–C) groups is 1. The van der Waals surface area contributed by atoms with E-state index in [2.05, 4.69) is 10.5 Å². The third-order valence-corrected chi connectivity index (χ3v) is 6.33. The predicted molar refractivity (Wildman–Crippen MR) is 122 cm³/mol. The lowest BCUT2D eigenvalue weighted by atomic mass is 10.0. The fraction of sp³-hybridized carbons (Fsp3) is 0.500. The number of nitrogens with one attached hydrogen (secondary N) is 2. The van der Waals surface area contributed by atoms with Crippen LogP contribution in [-0.2, 0) is 21.1 Å². The summed E-state index contributed by atoms with van der Waals surface area (Å²) < 4.78 is 0. The molecule has 3 aliphatic heterocycles. The third-order valence-electron chi connectivity index (χ3n) is 6.33. The van der Waals surface area contributed by atoms with E-state index in [4.69, 9.17) is 19.9 Å². The Morgan fingerprint density at radius 3 is 2.44 bits per heavy atom. The van der Waals surface area contributed by atoms with Gasteiger partial charge < -0.3 is 20.0 Å². The van der Waals surface area contributed by atoms with Crippen LogP contribution in [0.15, 0.2) is 35.3 Å². The number of carbonyl (C=O) groups excluding carboxylic acids is 2. The number of carbonyl (C=O) groups is 4. The fourth-order valence-electron chi connectivity index (χ4n) is 4.55. The van der Waals surface area contributed by atoms with Crippen LogP contribution in [0.25, 0.3) is 0 Å². The maximum atomic E-state index is 12.9. The monoisotopic (exact) mass is 504 g/mol. The van der Waals surface area contributed by atoms with Crippen molar-refractivity contribution in [2.45, 2.75) is 50.5 Å². The molecule has 0 unspecified atom stereocenters. The van der Waals surface area contributed by atoms with Crippen LogP contribution in [0.3, 0.4) is 0 Å². The maximum Gasteiger partial charge on any atom is 0.434 e. The molecule has 3 saturated heterocycles. The number of amides is 5. The molecule has 5 amide bonds. The van der Waals surface area contributed by atoms with Gasteiger partial charge in [0.1, 0.15) is 12.6 Å². The highest BCUT2D eigenvalue weighted by atomic mass is 16.7. The summed E-state index contributed by atoms with van der Waals surface area (Å²) in [6.45, 7) is 1.20. The summed E-state index contributed by atoms with van der Waals surface area (Å²) in [6, 6.07) is 8.38. The zero-order chi connectivity index (χ0) is 25.7. The number of piperidine rings is 2. The molecular weight excluding hydrogens is 476 g/mol. The molecule has 4 N–H and O–H groups in total. The van der Waals surface area contributed by atoms with Gasteiger partial charge in [-0.15, -0.1) is 4.99 Å². The summed E-state index contributed by atoms with van der Waals surface area (Å²) in [4.78, 5) is 65.0. The van der Waals surface area contributed by atoms with Crippen LogP contribution >= 0.6 is 0 Å². The molecule has 2 atom stereocenters. The Bertz CT molecular complexity index is 1010. The largest absolute Gasteiger partial charge is 0.465 e. The van der Waals surface area contributed by atoms with Gasteiger partial charge >= 0.3 is 18.2 Å². The van der Waals surface area contributed by atoms with Crippen LogP contribution in [0.2, 0.25) is 0 Å². The van der Waals surface area contributed by atoms with Crippen molar-refractivity contribution in [3.63, 3.8) is 0 Å². The maximum absolute atomic E-state index is 12.9. The van der Waals surface area contributed by atoms with E-state index in [9.17, 15) is 19.2 Å². The van der Waals surface area contributed by atoms with Crippen molar-refractivity contribution in [3.8, 4) is 0 Å². The molecule has 3 fully saturated rings. The minimum atomic E-state index is -1.51. The van der Waals surface area contributed by atoms with Crippen molar-refractivity contribution >= 4 is 30.1 Å². The molecule has 1 aromatic rings. The molecule has 0 radical (unpaired) electrons. The van der Waals surface area contributed by atoms with Crippen molar-refractivity contribution in [3.05, 3.63) is 35.9 Å². The molecule has 1 aromatic carbocycles. The molecule has 0 aromatic heterocycles. The molecule has 14 nitrogen and oxygen atoms in total. The van der Waals surface area contributed by atoms with Crippen LogP contribution in [0.4, 0.5) is 14.4 Å². The first-order valence-electron chi connectivity index (χ1n) is 11.6. The van der Waals surface area contributed by atoms with Gasteiger partial charge in [0, 0.05) is 19.6 Å². The lowest BCUT2D eigenvalue weighted by Crippen LogP contribution is -2.52. The van der Waals surface area contributed by atoms with Gasteiger partial charge in [-0.1, -0.05) is 30.3 Å². The number of urea groups is 1. The number of benzene rings is 1. The first-order valence-corrected chi connectivity index (χ1v) is 11.6. The summed E-state index contributed by atoms with van der Waals surface area (Å²) in [5.74, 6) is -0.698. The number of hydrogen-bond donors (Lipinski definition) is 4. The molecule has 3 aliphatic rings. The van der Waals surface area contributed by atoms with Gasteiger partial charge in [-0.3, -0.25) is 19.8 Å². The number of nitrogens with zero attached hydrogens (tertiary/aromatic N) is 4. The molecule has 0 spiro atoms. The van der Waals surface area contributed by atoms with Crippen LogP contribution in [0.1, 0.15) is 31.2 Å². The van der Waals surface area contributed by atoms with Gasteiger partial charge in [0.25, 0.3) is 5.91 Å². The number of hydroxylamine groups is 3. The Morgan fingerprint density at radius 2 is 1.78 bits per heavy atom. The van der Waals surface area contributed by atoms with Crippen molar-refractivity contribution in [1.82, 2.24) is 25.7 Å². The average molecular weight is 505 g/mol. The van der Waals surface area contributed by atoms with Crippen molar-refractivity contribution < 1.29 is 39.1 Å². The molecule has 14 heteroatoms. The number of likely N-dealkylation sites (tertiary alicyclic amines) is 1. The first-order chi connectivity index (χ1) is 17.3. The van der Waals surface area contributed by atoms with Gasteiger partial charge in [-0.2, -0.15) is 5.06 Å². The van der Waals surface area contributed by atoms with E-state index < -0.39 is 24.1 Å². The number of hydrogen-bond acceptors (Lipinski definition) is 6. The lowest BCUT2D eigenvalue weighted by Gasteiger charge is -2.34. The van der Waals surface area contributed by atoms with Crippen LogP contribution < -0.4 is 10.8 Å². The Hall–Kier alpha value is -3.91. The zero-order valence-corrected chi connectivity index (χ0v) is 19.4. The van der Waals surface area contributed by atoms with Gasteiger partial charge in [-0.05, 0) is 31.2 Å². The van der Waals surface area contributed by atoms with Gasteiger partial charge in [0.2, 0.25) is 5.96 Å². The quantitative estimate of drug-likeness (QED) is 0.252. The van der Waals surface area contributed by atoms with Crippen molar-refractivity contribution in [2.75, 3.05) is 19.6 Å². The Labute approximate surface area is 206 Å². The average Bonchev–Trinajstić information content (AvgIpc) is 3.10. The summed E-state index contributed by atoms with van der Waals surface area (Å²) >= 11 is 0. The highest BCUT2D eigenvalue weighted by molar-refractivity contribution is 5.98. The van der Waals surface area contributed by atoms with E-state index in [1.165, 1.54) is 14.9 Å². The standard InChI is InChI=1S/C22H28N6O8/c29-18(25-36-16-8-10-26(11-9-16)19(23-20(30)31)24-21(32)33)17-7-6-15-12-27(17)22(34)28(15)35-13-14-4-2-1-3-5-14/h1-5,15-17H,6-13H2,(H,23,24)(H,25,29)(H,30,31)(H,32,33)/t15-,17+/m1/s1. The molecule has 2 bridgehead atoms. The Kier molecular flexibility index (Phi) is 7.85. The molecular formula is C22H28N6O8. The predicted octanol–water partition coefficient (Wildman–Crippen LogP) is 1.20. The topological polar surface area (TPSA) is 173 Å². The Morgan fingerprint density at radius 1 is 1.06 bits per heavy atom. The number of carboxylic acid groups (broad SMARTS) is 2. The van der Waals surface area contributed by atoms with E-state index in [0.29, 0.717) is 32.2 Å². The summed E-state index contributed by atoms with van der Waals surface area (Å²) in [7, 11) is 0. The molecule has 0 aliphatic carbocycles. The summed E-state index contributed by atoms with van der Waals surface area (Å²) in [5.41, 5.74) is 3.40. The SMILES string of the molecule is O=C(O)N=C(NC(=O)O)N1CCC(ONC(=O)[C@@H]2CC[C@@H]3CN2C(=O)N3OCc2ccccc2)CC1. The molecule has 3 heterocycles. The lowest BCUT2D eigenvalue weighted by molar-refractivity contribution is -0.146. The van der Waals surface area contributed by atoms with E-state index in [1.807, 2.05) is 35.6 Å². The van der Waals surface area contributed by atoms with Crippen LogP contribution in [0.5, 0.6) is 0 Å². The van der Waals surface area contributed by atoms with Gasteiger partial charge in [0.15, 0.2) is 0 Å². The second-order valence-electron chi connectivity index (χ2n) is 8.69. The van der Waals surface area contributed by atoms with E-state index in [0.717, 1.165) is 5.56 Å². The molecule has 36 heavy (non-hydrogen) atoms. The normalized spacial score (nSPS) is 22.5. The summed E-state index contributed by atoms with van der Waals surface area (Å²) in [5, 5.41) is 21.1. The van der Waals surface area contributed by atoms with E-state index in [1.54, 1.807) is 0 Å². The number of rotatable bonds is 6. The zero-order valence-electron chi connectivity index (χ0n) is 19.4. The number of guanidine groups is 1. The summed E-state index contributed by atoms with van der Waals surface area (Å²) in [6.07, 6.45) is -1.40. The Balaban J connectivity index is 1.24.